The van der Waals surface area contributed by atoms with Crippen molar-refractivity contribution in [1.82, 2.24) is 9.78 Å². The number of rotatable bonds is 2. The Morgan fingerprint density at radius 3 is 2.82 bits per heavy atom. The van der Waals surface area contributed by atoms with E-state index in [9.17, 15) is 4.79 Å². The van der Waals surface area contributed by atoms with Crippen molar-refractivity contribution in [2.75, 3.05) is 5.73 Å². The van der Waals surface area contributed by atoms with Gasteiger partial charge in [0, 0.05) is 12.4 Å². The second-order valence-corrected chi connectivity index (χ2v) is 1.90. The molecule has 0 amide bonds. The quantitative estimate of drug-likeness (QED) is 0.638. The summed E-state index contributed by atoms with van der Waals surface area (Å²) in [4.78, 5) is 10.4. The Hall–Kier alpha value is -1.78. The van der Waals surface area contributed by atoms with Crippen LogP contribution < -0.4 is 5.73 Å². The van der Waals surface area contributed by atoms with Crippen LogP contribution in [0.15, 0.2) is 12.8 Å². The highest BCUT2D eigenvalue weighted by molar-refractivity contribution is 5.92. The molecule has 0 aliphatic rings. The summed E-state index contributed by atoms with van der Waals surface area (Å²) in [5.41, 5.74) is 5.25. The topological polar surface area (TPSA) is 81.1 Å². The van der Waals surface area contributed by atoms with Crippen molar-refractivity contribution in [2.24, 2.45) is 0 Å². The van der Waals surface area contributed by atoms with Crippen molar-refractivity contribution in [3.63, 3.8) is 0 Å². The number of hydrogen-bond donors (Lipinski definition) is 2. The van der Waals surface area contributed by atoms with E-state index >= 15 is 0 Å². The maximum absolute atomic E-state index is 10.4. The second-order valence-electron chi connectivity index (χ2n) is 1.90. The zero-order valence-electron chi connectivity index (χ0n) is 5.69. The molecule has 3 N–H and O–H groups in total. The van der Waals surface area contributed by atoms with E-state index in [1.54, 1.807) is 0 Å². The Labute approximate surface area is 62.7 Å². The number of aromatic carboxylic acids is 1. The van der Waals surface area contributed by atoms with Crippen LogP contribution in [0.4, 0.5) is 5.82 Å². The molecule has 0 saturated heterocycles. The molecule has 0 saturated carbocycles. The van der Waals surface area contributed by atoms with Crippen LogP contribution in [0, 0.1) is 0 Å². The van der Waals surface area contributed by atoms with Crippen LogP contribution in [0.1, 0.15) is 10.4 Å². The lowest BCUT2D eigenvalue weighted by Gasteiger charge is -1.84. The summed E-state index contributed by atoms with van der Waals surface area (Å²) in [5.74, 6) is -1.09. The van der Waals surface area contributed by atoms with Gasteiger partial charge in [0.1, 0.15) is 5.56 Å². The molecule has 58 valence electrons. The first-order valence-electron chi connectivity index (χ1n) is 2.85. The molecule has 0 aliphatic heterocycles. The maximum atomic E-state index is 10.4. The van der Waals surface area contributed by atoms with Gasteiger partial charge in [-0.3, -0.25) is 0 Å². The lowest BCUT2D eigenvalue weighted by molar-refractivity contribution is 0.0698. The van der Waals surface area contributed by atoms with Crippen LogP contribution in [0.3, 0.4) is 0 Å². The highest BCUT2D eigenvalue weighted by Crippen LogP contribution is 2.07. The number of nitrogen functional groups attached to an aromatic ring is 1. The van der Waals surface area contributed by atoms with Crippen LogP contribution in [0.25, 0.3) is 6.20 Å². The minimum Gasteiger partial charge on any atom is -0.477 e. The summed E-state index contributed by atoms with van der Waals surface area (Å²) in [5, 5.41) is 12.2. The SMILES string of the molecule is C=Cn1cc(C(=O)O)c(N)n1. The summed E-state index contributed by atoms with van der Waals surface area (Å²) in [6.45, 7) is 3.40. The van der Waals surface area contributed by atoms with Crippen molar-refractivity contribution < 1.29 is 9.90 Å². The maximum Gasteiger partial charge on any atom is 0.341 e. The van der Waals surface area contributed by atoms with Gasteiger partial charge < -0.3 is 10.8 Å². The van der Waals surface area contributed by atoms with Crippen molar-refractivity contribution in [2.45, 2.75) is 0 Å². The molecule has 5 nitrogen and oxygen atoms in total. The van der Waals surface area contributed by atoms with E-state index in [0.29, 0.717) is 0 Å². The zero-order chi connectivity index (χ0) is 8.43. The van der Waals surface area contributed by atoms with Gasteiger partial charge in [0.15, 0.2) is 5.82 Å². The molecular formula is C6H7N3O2. The highest BCUT2D eigenvalue weighted by atomic mass is 16.4. The van der Waals surface area contributed by atoms with E-state index in [2.05, 4.69) is 11.7 Å². The van der Waals surface area contributed by atoms with Gasteiger partial charge in [0.25, 0.3) is 0 Å². The fourth-order valence-corrected chi connectivity index (χ4v) is 0.664. The summed E-state index contributed by atoms with van der Waals surface area (Å²) < 4.78 is 1.25. The summed E-state index contributed by atoms with van der Waals surface area (Å²) in [6, 6.07) is 0. The third-order valence-corrected chi connectivity index (χ3v) is 1.18. The van der Waals surface area contributed by atoms with E-state index in [4.69, 9.17) is 10.8 Å². The minimum atomic E-state index is -1.09. The first-order valence-corrected chi connectivity index (χ1v) is 2.85. The van der Waals surface area contributed by atoms with E-state index in [-0.39, 0.29) is 11.4 Å². The van der Waals surface area contributed by atoms with Crippen LogP contribution >= 0.6 is 0 Å². The van der Waals surface area contributed by atoms with Crippen LogP contribution in [0.2, 0.25) is 0 Å². The fraction of sp³-hybridized carbons (Fsp3) is 0. The monoisotopic (exact) mass is 153 g/mol. The van der Waals surface area contributed by atoms with Gasteiger partial charge in [0.05, 0.1) is 0 Å². The second kappa shape index (κ2) is 2.45. The van der Waals surface area contributed by atoms with E-state index in [0.717, 1.165) is 0 Å². The smallest absolute Gasteiger partial charge is 0.341 e. The average Bonchev–Trinajstić information content (AvgIpc) is 2.30. The standard InChI is InChI=1S/C6H7N3O2/c1-2-9-3-4(6(10)11)5(7)8-9/h2-3H,1H2,(H2,7,8)(H,10,11). The van der Waals surface area contributed by atoms with Crippen molar-refractivity contribution >= 4 is 18.0 Å². The average molecular weight is 153 g/mol. The first-order chi connectivity index (χ1) is 5.15. The number of nitrogens with zero attached hydrogens (tertiary/aromatic N) is 2. The Bertz CT molecular complexity index is 303. The third kappa shape index (κ3) is 1.21. The lowest BCUT2D eigenvalue weighted by atomic mass is 10.3. The van der Waals surface area contributed by atoms with Crippen LogP contribution in [-0.2, 0) is 0 Å². The zero-order valence-corrected chi connectivity index (χ0v) is 5.69. The first kappa shape index (κ1) is 7.33. The van der Waals surface area contributed by atoms with Gasteiger partial charge in [-0.05, 0) is 0 Å². The Morgan fingerprint density at radius 2 is 2.55 bits per heavy atom. The van der Waals surface area contributed by atoms with Crippen LogP contribution in [0.5, 0.6) is 0 Å². The molecule has 5 heteroatoms. The molecular weight excluding hydrogens is 146 g/mol. The van der Waals surface area contributed by atoms with Gasteiger partial charge in [-0.1, -0.05) is 6.58 Å². The third-order valence-electron chi connectivity index (χ3n) is 1.18. The van der Waals surface area contributed by atoms with Crippen molar-refractivity contribution in [1.29, 1.82) is 0 Å². The van der Waals surface area contributed by atoms with Gasteiger partial charge in [0.2, 0.25) is 0 Å². The number of hydrogen-bond acceptors (Lipinski definition) is 3. The number of carboxylic acid groups (broad SMARTS) is 1. The van der Waals surface area contributed by atoms with Gasteiger partial charge in [-0.25, -0.2) is 9.48 Å². The van der Waals surface area contributed by atoms with Gasteiger partial charge in [-0.15, -0.1) is 0 Å². The number of carbonyl (C=O) groups is 1. The Kier molecular flexibility index (Phi) is 1.63. The largest absolute Gasteiger partial charge is 0.477 e. The highest BCUT2D eigenvalue weighted by Gasteiger charge is 2.10. The number of carboxylic acids is 1. The molecule has 0 aromatic carbocycles. The Morgan fingerprint density at radius 1 is 1.91 bits per heavy atom. The minimum absolute atomic E-state index is 0.00241. The summed E-state index contributed by atoms with van der Waals surface area (Å²) >= 11 is 0. The summed E-state index contributed by atoms with van der Waals surface area (Å²) in [6.07, 6.45) is 2.66. The Balaban J connectivity index is 3.16. The lowest BCUT2D eigenvalue weighted by Crippen LogP contribution is -1.98. The molecule has 1 rings (SSSR count). The molecule has 0 atom stereocenters. The molecule has 1 heterocycles. The van der Waals surface area contributed by atoms with Gasteiger partial charge in [-0.2, -0.15) is 5.10 Å². The number of aromatic nitrogens is 2. The molecule has 0 spiro atoms. The normalized spacial score (nSPS) is 9.45. The van der Waals surface area contributed by atoms with E-state index in [1.165, 1.54) is 17.1 Å². The van der Waals surface area contributed by atoms with Crippen LogP contribution in [-0.4, -0.2) is 20.9 Å². The fourth-order valence-electron chi connectivity index (χ4n) is 0.664. The molecule has 1 aromatic rings. The van der Waals surface area contributed by atoms with E-state index < -0.39 is 5.97 Å². The molecule has 0 radical (unpaired) electrons. The molecule has 11 heavy (non-hydrogen) atoms. The molecule has 0 unspecified atom stereocenters. The number of anilines is 1. The van der Waals surface area contributed by atoms with E-state index in [1.807, 2.05) is 0 Å². The van der Waals surface area contributed by atoms with Crippen molar-refractivity contribution in [3.8, 4) is 0 Å². The van der Waals surface area contributed by atoms with Crippen molar-refractivity contribution in [3.05, 3.63) is 18.3 Å². The van der Waals surface area contributed by atoms with Gasteiger partial charge >= 0.3 is 5.97 Å². The molecule has 1 aromatic heterocycles. The summed E-state index contributed by atoms with van der Waals surface area (Å²) in [7, 11) is 0. The number of nitrogens with two attached hydrogens (primary N) is 1. The molecule has 0 bridgehead atoms. The molecule has 0 aliphatic carbocycles. The predicted molar refractivity (Wildman–Crippen MR) is 40.0 cm³/mol. The predicted octanol–water partition coefficient (Wildman–Crippen LogP) is 0.264. The molecule has 0 fully saturated rings.